The number of likely N-dealkylation sites (tertiary alicyclic amines) is 1. The van der Waals surface area contributed by atoms with Gasteiger partial charge in [0.25, 0.3) is 0 Å². The Bertz CT molecular complexity index is 1410. The Hall–Kier alpha value is -4.27. The summed E-state index contributed by atoms with van der Waals surface area (Å²) in [5.41, 5.74) is 5.73. The van der Waals surface area contributed by atoms with Crippen LogP contribution in [0.4, 0.5) is 10.5 Å². The molecule has 2 rings (SSSR count). The largest absolute Gasteiger partial charge is 0.461 e. The molecule has 2 unspecified atom stereocenters. The van der Waals surface area contributed by atoms with Crippen LogP contribution in [0, 0.1) is 29.1 Å². The number of imide groups is 1. The van der Waals surface area contributed by atoms with E-state index in [9.17, 15) is 33.6 Å². The summed E-state index contributed by atoms with van der Waals surface area (Å²) in [5, 5.41) is 11.2. The lowest BCUT2D eigenvalue weighted by atomic mass is 9.80. The van der Waals surface area contributed by atoms with E-state index in [0.29, 0.717) is 48.2 Å². The van der Waals surface area contributed by atoms with Gasteiger partial charge in [-0.05, 0) is 54.7 Å². The Labute approximate surface area is 310 Å². The lowest BCUT2D eigenvalue weighted by Crippen LogP contribution is -2.53. The van der Waals surface area contributed by atoms with E-state index in [2.05, 4.69) is 21.3 Å². The molecule has 1 heterocycles. The number of hydrogen-bond acceptors (Lipinski definition) is 8. The van der Waals surface area contributed by atoms with Crippen LogP contribution >= 0.6 is 0 Å². The number of carbonyl (C=O) groups excluding carboxylic acids is 7. The van der Waals surface area contributed by atoms with Crippen LogP contribution in [0.2, 0.25) is 0 Å². The van der Waals surface area contributed by atoms with Crippen molar-refractivity contribution < 1.29 is 38.3 Å². The van der Waals surface area contributed by atoms with E-state index < -0.39 is 29.6 Å². The standard InChI is InChI=1S/C37H60N6O8Si/c1-22(2)30(33(52)42-28(44)13-9-8-10-19-43-29(45)20-26(34(43)48)37(5,6)7)32(47)41-27(12-11-18-39-36(38)50)31(46)40-25-16-14-24(15-17-25)21-51-35(49)23(3)4/h14-17,22-23,26-27,30,33H,8-13,18-21H2,1-7,52H3,(H,40,46)(H,41,47)(H,42,44)(H3,38,39,50)/t26?,27-,30-,33?/m0/s1. The van der Waals surface area contributed by atoms with Gasteiger partial charge in [0.05, 0.1) is 17.8 Å². The minimum absolute atomic E-state index is 0.104. The highest BCUT2D eigenvalue weighted by atomic mass is 28.1. The topological polar surface area (TPSA) is 206 Å². The molecule has 6 N–H and O–H groups in total. The predicted octanol–water partition coefficient (Wildman–Crippen LogP) is 2.32. The van der Waals surface area contributed by atoms with Crippen LogP contribution < -0.4 is 27.0 Å². The molecule has 1 aromatic carbocycles. The molecule has 1 saturated heterocycles. The molecular weight excluding hydrogens is 685 g/mol. The van der Waals surface area contributed by atoms with Gasteiger partial charge < -0.3 is 31.7 Å². The predicted molar refractivity (Wildman–Crippen MR) is 201 cm³/mol. The van der Waals surface area contributed by atoms with E-state index >= 15 is 0 Å². The van der Waals surface area contributed by atoms with Gasteiger partial charge >= 0.3 is 12.0 Å². The summed E-state index contributed by atoms with van der Waals surface area (Å²) in [4.78, 5) is 89.5. The molecule has 0 saturated carbocycles. The van der Waals surface area contributed by atoms with Gasteiger partial charge in [-0.3, -0.25) is 33.7 Å². The van der Waals surface area contributed by atoms with Gasteiger partial charge in [0.2, 0.25) is 29.5 Å². The van der Waals surface area contributed by atoms with Crippen LogP contribution in [0.5, 0.6) is 0 Å². The zero-order valence-corrected chi connectivity index (χ0v) is 34.1. The molecule has 1 fully saturated rings. The molecule has 0 radical (unpaired) electrons. The summed E-state index contributed by atoms with van der Waals surface area (Å²) in [6.07, 6.45) is 2.92. The summed E-state index contributed by atoms with van der Waals surface area (Å²) in [6.45, 7) is 13.8. The smallest absolute Gasteiger partial charge is 0.312 e. The molecule has 0 aromatic heterocycles. The van der Waals surface area contributed by atoms with Crippen molar-refractivity contribution in [3.05, 3.63) is 29.8 Å². The van der Waals surface area contributed by atoms with E-state index in [-0.39, 0.29) is 85.2 Å². The van der Waals surface area contributed by atoms with Crippen molar-refractivity contribution in [3.63, 3.8) is 0 Å². The van der Waals surface area contributed by atoms with Gasteiger partial charge in [-0.25, -0.2) is 4.79 Å². The van der Waals surface area contributed by atoms with Crippen LogP contribution in [-0.2, 0) is 40.1 Å². The van der Waals surface area contributed by atoms with Crippen molar-refractivity contribution in [2.45, 2.75) is 112 Å². The van der Waals surface area contributed by atoms with E-state index in [0.717, 1.165) is 5.56 Å². The number of unbranched alkanes of at least 4 members (excludes halogenated alkanes) is 2. The van der Waals surface area contributed by atoms with Crippen molar-refractivity contribution in [2.75, 3.05) is 18.4 Å². The maximum atomic E-state index is 13.7. The number of nitrogens with two attached hydrogens (primary N) is 1. The van der Waals surface area contributed by atoms with Crippen molar-refractivity contribution in [2.24, 2.45) is 34.8 Å². The zero-order chi connectivity index (χ0) is 39.2. The molecule has 290 valence electrons. The number of rotatable bonds is 20. The average Bonchev–Trinajstić information content (AvgIpc) is 3.34. The van der Waals surface area contributed by atoms with E-state index in [1.165, 1.54) is 4.90 Å². The monoisotopic (exact) mass is 744 g/mol. The Morgan fingerprint density at radius 1 is 0.942 bits per heavy atom. The highest BCUT2D eigenvalue weighted by molar-refractivity contribution is 6.15. The number of benzene rings is 1. The number of carbonyl (C=O) groups is 7. The van der Waals surface area contributed by atoms with Gasteiger partial charge in [0.15, 0.2) is 0 Å². The summed E-state index contributed by atoms with van der Waals surface area (Å²) >= 11 is 0. The molecule has 0 aliphatic carbocycles. The molecule has 7 amide bonds. The quantitative estimate of drug-likeness (QED) is 0.0579. The molecule has 52 heavy (non-hydrogen) atoms. The minimum Gasteiger partial charge on any atom is -0.461 e. The van der Waals surface area contributed by atoms with E-state index in [1.807, 2.05) is 34.6 Å². The molecule has 4 atom stereocenters. The minimum atomic E-state index is -0.937. The maximum Gasteiger partial charge on any atom is 0.312 e. The highest BCUT2D eigenvalue weighted by Crippen LogP contribution is 2.35. The van der Waals surface area contributed by atoms with Crippen LogP contribution in [0.3, 0.4) is 0 Å². The third-order valence-electron chi connectivity index (χ3n) is 9.20. The van der Waals surface area contributed by atoms with Crippen LogP contribution in [-0.4, -0.2) is 81.5 Å². The van der Waals surface area contributed by atoms with Crippen LogP contribution in [0.15, 0.2) is 24.3 Å². The number of nitrogens with one attached hydrogen (secondary N) is 4. The SMILES string of the molecule is CC(C)C(=O)OCc1ccc(NC(=O)[C@H](CCCNC(N)=O)NC(=O)[C@H](C(C)C)C([SiH3])NC(=O)CCCCCN2C(=O)CC(C(C)(C)C)C2=O)cc1. The fourth-order valence-electron chi connectivity index (χ4n) is 6.14. The molecule has 1 aliphatic rings. The second kappa shape index (κ2) is 20.7. The second-order valence-corrected chi connectivity index (χ2v) is 16.6. The van der Waals surface area contributed by atoms with Crippen LogP contribution in [0.1, 0.15) is 99.0 Å². The van der Waals surface area contributed by atoms with Gasteiger partial charge in [0, 0.05) is 47.5 Å². The number of anilines is 1. The normalized spacial score (nSPS) is 16.4. The Morgan fingerprint density at radius 3 is 2.15 bits per heavy atom. The number of hydrogen-bond donors (Lipinski definition) is 5. The summed E-state index contributed by atoms with van der Waals surface area (Å²) in [6, 6.07) is 5.19. The number of nitrogens with zero attached hydrogens (tertiary/aromatic N) is 1. The first-order valence-electron chi connectivity index (χ1n) is 18.4. The Balaban J connectivity index is 1.95. The van der Waals surface area contributed by atoms with Crippen molar-refractivity contribution in [3.8, 4) is 0 Å². The first kappa shape index (κ1) is 43.9. The number of amides is 7. The summed E-state index contributed by atoms with van der Waals surface area (Å²) in [7, 11) is 0.478. The summed E-state index contributed by atoms with van der Waals surface area (Å²) < 4.78 is 5.26. The Kier molecular flexibility index (Phi) is 17.5. The maximum absolute atomic E-state index is 13.7. The number of primary amides is 1. The van der Waals surface area contributed by atoms with Crippen molar-refractivity contribution in [1.29, 1.82) is 0 Å². The molecular formula is C37H60N6O8Si. The lowest BCUT2D eigenvalue weighted by Gasteiger charge is -2.29. The van der Waals surface area contributed by atoms with E-state index in [1.54, 1.807) is 38.1 Å². The fraction of sp³-hybridized carbons (Fsp3) is 0.649. The third kappa shape index (κ3) is 14.4. The molecule has 14 nitrogen and oxygen atoms in total. The molecule has 15 heteroatoms. The lowest BCUT2D eigenvalue weighted by molar-refractivity contribution is -0.148. The number of esters is 1. The van der Waals surface area contributed by atoms with Crippen LogP contribution in [0.25, 0.3) is 0 Å². The van der Waals surface area contributed by atoms with E-state index in [4.69, 9.17) is 10.5 Å². The zero-order valence-electron chi connectivity index (χ0n) is 32.1. The van der Waals surface area contributed by atoms with Crippen molar-refractivity contribution in [1.82, 2.24) is 20.9 Å². The molecule has 1 aliphatic heterocycles. The first-order valence-corrected chi connectivity index (χ1v) is 19.5. The number of urea groups is 1. The molecule has 1 aromatic rings. The number of ether oxygens (including phenoxy) is 1. The van der Waals surface area contributed by atoms with Gasteiger partial charge in [-0.2, -0.15) is 0 Å². The van der Waals surface area contributed by atoms with Crippen molar-refractivity contribution >= 4 is 57.5 Å². The average molecular weight is 745 g/mol. The van der Waals surface area contributed by atoms with Gasteiger partial charge in [-0.15, -0.1) is 0 Å². The Morgan fingerprint density at radius 2 is 1.60 bits per heavy atom. The molecule has 0 bridgehead atoms. The molecule has 0 spiro atoms. The fourth-order valence-corrected chi connectivity index (χ4v) is 7.53. The summed E-state index contributed by atoms with van der Waals surface area (Å²) in [5.74, 6) is -2.86. The third-order valence-corrected chi connectivity index (χ3v) is 10.2. The van der Waals surface area contributed by atoms with Gasteiger partial charge in [-0.1, -0.05) is 67.0 Å². The highest BCUT2D eigenvalue weighted by Gasteiger charge is 2.44. The van der Waals surface area contributed by atoms with Gasteiger partial charge in [0.1, 0.15) is 12.6 Å². The first-order chi connectivity index (χ1) is 24.3. The second-order valence-electron chi connectivity index (χ2n) is 15.4.